The number of halogens is 6. The van der Waals surface area contributed by atoms with Gasteiger partial charge >= 0.3 is 6.18 Å². The Kier molecular flexibility index (Phi) is 9.00. The molecule has 0 atom stereocenters. The van der Waals surface area contributed by atoms with Crippen molar-refractivity contribution in [1.82, 2.24) is 0 Å². The van der Waals surface area contributed by atoms with Gasteiger partial charge < -0.3 is 0 Å². The Bertz CT molecular complexity index is 1340. The van der Waals surface area contributed by atoms with Gasteiger partial charge in [-0.25, -0.2) is 0 Å². The fourth-order valence-electron chi connectivity index (χ4n) is 4.53. The smallest absolute Gasteiger partial charge is 0.299 e. The molecule has 1 nitrogen and oxygen atoms in total. The van der Waals surface area contributed by atoms with E-state index in [2.05, 4.69) is 0 Å². The van der Waals surface area contributed by atoms with Crippen molar-refractivity contribution in [2.45, 2.75) is 19.0 Å². The zero-order valence-corrected chi connectivity index (χ0v) is 23.1. The predicted octanol–water partition coefficient (Wildman–Crippen LogP) is 8.50. The van der Waals surface area contributed by atoms with Gasteiger partial charge in [-0.3, -0.25) is 4.79 Å². The van der Waals surface area contributed by atoms with Crippen molar-refractivity contribution < 1.29 is 18.0 Å². The average Bonchev–Trinajstić information content (AvgIpc) is 2.91. The number of alkyl halides is 3. The maximum atomic E-state index is 13.5. The molecule has 0 spiro atoms. The number of hydrogen-bond acceptors (Lipinski definition) is 1. The lowest BCUT2D eigenvalue weighted by Crippen LogP contribution is -2.33. The first-order chi connectivity index (χ1) is 18.1. The minimum absolute atomic E-state index is 0.0432. The second-order valence-electron chi connectivity index (χ2n) is 8.58. The van der Waals surface area contributed by atoms with Gasteiger partial charge in [0.25, 0.3) is 0 Å². The van der Waals surface area contributed by atoms with Gasteiger partial charge in [-0.05, 0) is 60.2 Å². The van der Waals surface area contributed by atoms with Crippen LogP contribution in [0.15, 0.2) is 119 Å². The van der Waals surface area contributed by atoms with Crippen LogP contribution in [0.4, 0.5) is 13.2 Å². The number of allylic oxidation sites excluding steroid dienone is 1. The molecule has 0 radical (unpaired) electrons. The van der Waals surface area contributed by atoms with E-state index in [9.17, 15) is 18.0 Å². The molecule has 4 aromatic carbocycles. The molecule has 0 heterocycles. The molecule has 0 aliphatic heterocycles. The number of hydrogen-bond donors (Lipinski definition) is 0. The van der Waals surface area contributed by atoms with E-state index in [4.69, 9.17) is 34.8 Å². The molecule has 0 aromatic heterocycles. The van der Waals surface area contributed by atoms with Crippen molar-refractivity contribution in [2.24, 2.45) is 0 Å². The van der Waals surface area contributed by atoms with Gasteiger partial charge in [-0.2, -0.15) is 13.2 Å². The molecule has 0 aliphatic rings. The molecule has 0 bridgehead atoms. The van der Waals surface area contributed by atoms with Crippen LogP contribution in [0.5, 0.6) is 0 Å². The Morgan fingerprint density at radius 1 is 0.711 bits per heavy atom. The zero-order chi connectivity index (χ0) is 27.3. The molecular formula is C30H22Cl3F3OP+. The van der Waals surface area contributed by atoms with Crippen LogP contribution in [-0.2, 0) is 17.4 Å². The van der Waals surface area contributed by atoms with Gasteiger partial charge in [-0.1, -0.05) is 89.4 Å². The SMILES string of the molecule is O=C(CC(=C(Cl)Cl)[P+](c1ccccc1)(c1ccccc1)c1ccccc1)Cc1cc(C(F)(F)F)ccc1Cl. The van der Waals surface area contributed by atoms with E-state index in [1.165, 1.54) is 0 Å². The van der Waals surface area contributed by atoms with E-state index in [1.54, 1.807) is 0 Å². The summed E-state index contributed by atoms with van der Waals surface area (Å²) in [7, 11) is -2.74. The summed E-state index contributed by atoms with van der Waals surface area (Å²) in [5.74, 6) is -0.354. The third-order valence-corrected chi connectivity index (χ3v) is 11.7. The van der Waals surface area contributed by atoms with Gasteiger partial charge in [0.1, 0.15) is 38.8 Å². The van der Waals surface area contributed by atoms with E-state index in [0.717, 1.165) is 34.1 Å². The lowest BCUT2D eigenvalue weighted by molar-refractivity contribution is -0.137. The second-order valence-corrected chi connectivity index (χ2v) is 13.4. The van der Waals surface area contributed by atoms with Crippen molar-refractivity contribution >= 4 is 63.8 Å². The lowest BCUT2D eigenvalue weighted by atomic mass is 10.0. The van der Waals surface area contributed by atoms with E-state index in [-0.39, 0.29) is 33.7 Å². The normalized spacial score (nSPS) is 11.7. The number of rotatable bonds is 8. The molecule has 0 fully saturated rings. The first-order valence-electron chi connectivity index (χ1n) is 11.6. The highest BCUT2D eigenvalue weighted by atomic mass is 35.5. The monoisotopic (exact) mass is 591 g/mol. The van der Waals surface area contributed by atoms with Gasteiger partial charge in [-0.15, -0.1) is 0 Å². The molecule has 38 heavy (non-hydrogen) atoms. The molecule has 4 rings (SSSR count). The van der Waals surface area contributed by atoms with E-state index in [0.29, 0.717) is 5.31 Å². The van der Waals surface area contributed by atoms with Crippen molar-refractivity contribution in [1.29, 1.82) is 0 Å². The second kappa shape index (κ2) is 12.1. The summed E-state index contributed by atoms with van der Waals surface area (Å²) in [5, 5.41) is 3.44. The van der Waals surface area contributed by atoms with Crippen molar-refractivity contribution in [2.75, 3.05) is 0 Å². The van der Waals surface area contributed by atoms with Crippen LogP contribution in [0.1, 0.15) is 17.5 Å². The molecule has 0 N–H and O–H groups in total. The number of Topliss-reactive ketones (excluding diaryl/α,β-unsaturated/α-hetero) is 1. The summed E-state index contributed by atoms with van der Waals surface area (Å²) < 4.78 is 39.9. The van der Waals surface area contributed by atoms with Crippen molar-refractivity contribution in [3.63, 3.8) is 0 Å². The standard InChI is InChI=1S/C30H22Cl3F3OP/c31-27-17-16-22(30(34,35)36)18-21(27)19-23(37)20-28(29(32)33)38(24-10-4-1-5-11-24,25-12-6-2-7-13-25)26-14-8-3-9-15-26/h1-18H,19-20H2/q+1. The third-order valence-electron chi connectivity index (χ3n) is 6.18. The van der Waals surface area contributed by atoms with E-state index in [1.807, 2.05) is 91.0 Å². The van der Waals surface area contributed by atoms with Crippen LogP contribution >= 0.6 is 42.1 Å². The van der Waals surface area contributed by atoms with Crippen molar-refractivity contribution in [3.05, 3.63) is 135 Å². The summed E-state index contributed by atoms with van der Waals surface area (Å²) in [6.45, 7) is 0. The molecule has 0 amide bonds. The Hall–Kier alpha value is -2.62. The largest absolute Gasteiger partial charge is 0.416 e. The molecule has 8 heteroatoms. The highest BCUT2D eigenvalue weighted by Crippen LogP contribution is 2.65. The summed E-state index contributed by atoms with van der Waals surface area (Å²) in [6, 6.07) is 32.1. The number of ketones is 1. The maximum Gasteiger partial charge on any atom is 0.416 e. The first-order valence-corrected chi connectivity index (χ1v) is 14.5. The minimum atomic E-state index is -4.55. The van der Waals surface area contributed by atoms with Gasteiger partial charge in [0.15, 0.2) is 0 Å². The van der Waals surface area contributed by atoms with Gasteiger partial charge in [0.05, 0.1) is 12.0 Å². The van der Waals surface area contributed by atoms with Crippen LogP contribution in [0.2, 0.25) is 5.02 Å². The maximum absolute atomic E-state index is 13.5. The quantitative estimate of drug-likeness (QED) is 0.188. The molecule has 194 valence electrons. The minimum Gasteiger partial charge on any atom is -0.299 e. The van der Waals surface area contributed by atoms with E-state index >= 15 is 0 Å². The summed E-state index contributed by atoms with van der Waals surface area (Å²) in [6.07, 6.45) is -5.02. The van der Waals surface area contributed by atoms with Crippen LogP contribution in [-0.4, -0.2) is 5.78 Å². The average molecular weight is 593 g/mol. The fourth-order valence-corrected chi connectivity index (χ4v) is 9.96. The lowest BCUT2D eigenvalue weighted by Gasteiger charge is -2.29. The van der Waals surface area contributed by atoms with E-state index < -0.39 is 19.0 Å². The topological polar surface area (TPSA) is 17.1 Å². The fraction of sp³-hybridized carbons (Fsp3) is 0.100. The molecular weight excluding hydrogens is 571 g/mol. The van der Waals surface area contributed by atoms with Crippen LogP contribution in [0.25, 0.3) is 0 Å². The first kappa shape index (κ1) is 28.4. The highest BCUT2D eigenvalue weighted by Gasteiger charge is 2.51. The van der Waals surface area contributed by atoms with Gasteiger partial charge in [0.2, 0.25) is 0 Å². The highest BCUT2D eigenvalue weighted by molar-refractivity contribution is 7.99. The third kappa shape index (κ3) is 6.00. The predicted molar refractivity (Wildman–Crippen MR) is 154 cm³/mol. The van der Waals surface area contributed by atoms with Crippen LogP contribution in [0, 0.1) is 0 Å². The Balaban J connectivity index is 1.86. The summed E-state index contributed by atoms with van der Waals surface area (Å²) in [5.41, 5.74) is -0.768. The van der Waals surface area contributed by atoms with Crippen LogP contribution in [0.3, 0.4) is 0 Å². The Morgan fingerprint density at radius 2 is 1.16 bits per heavy atom. The molecule has 0 unspecified atom stereocenters. The number of carbonyl (C=O) groups is 1. The Labute approximate surface area is 235 Å². The van der Waals surface area contributed by atoms with Crippen LogP contribution < -0.4 is 15.9 Å². The Morgan fingerprint density at radius 3 is 1.55 bits per heavy atom. The van der Waals surface area contributed by atoms with Crippen molar-refractivity contribution in [3.8, 4) is 0 Å². The zero-order valence-electron chi connectivity index (χ0n) is 19.9. The summed E-state index contributed by atoms with van der Waals surface area (Å²) >= 11 is 19.4. The number of benzene rings is 4. The molecule has 0 saturated carbocycles. The summed E-state index contributed by atoms with van der Waals surface area (Å²) in [4.78, 5) is 13.5. The molecule has 0 aliphatic carbocycles. The van der Waals surface area contributed by atoms with Gasteiger partial charge in [0, 0.05) is 11.4 Å². The number of carbonyl (C=O) groups excluding carboxylic acids is 1. The molecule has 4 aromatic rings. The molecule has 0 saturated heterocycles.